The summed E-state index contributed by atoms with van der Waals surface area (Å²) in [5, 5.41) is 4.25. The number of aryl methyl sites for hydroxylation is 2. The second-order valence-corrected chi connectivity index (χ2v) is 3.85. The smallest absolute Gasteiger partial charge is 0.328 e. The second kappa shape index (κ2) is 5.63. The number of aromatic nitrogens is 3. The van der Waals surface area contributed by atoms with Crippen LogP contribution in [0.25, 0.3) is 0 Å². The van der Waals surface area contributed by atoms with Gasteiger partial charge in [-0.05, 0) is 13.8 Å². The van der Waals surface area contributed by atoms with Gasteiger partial charge in [0, 0.05) is 12.8 Å². The molecule has 0 atom stereocenters. The van der Waals surface area contributed by atoms with Crippen LogP contribution < -0.4 is 0 Å². The van der Waals surface area contributed by atoms with E-state index in [0.717, 1.165) is 24.5 Å². The Labute approximate surface area is 95.8 Å². The zero-order chi connectivity index (χ0) is 12.1. The van der Waals surface area contributed by atoms with Crippen LogP contribution in [0.5, 0.6) is 0 Å². The molecule has 0 amide bonds. The predicted octanol–water partition coefficient (Wildman–Crippen LogP) is 1.35. The molecule has 1 aromatic heterocycles. The fourth-order valence-corrected chi connectivity index (χ4v) is 1.39. The normalized spacial score (nSPS) is 10.8. The van der Waals surface area contributed by atoms with Crippen LogP contribution in [0.4, 0.5) is 0 Å². The summed E-state index contributed by atoms with van der Waals surface area (Å²) in [6, 6.07) is 0. The van der Waals surface area contributed by atoms with Crippen LogP contribution in [0.3, 0.4) is 0 Å². The highest BCUT2D eigenvalue weighted by molar-refractivity contribution is 5.69. The van der Waals surface area contributed by atoms with Gasteiger partial charge in [-0.25, -0.2) is 9.67 Å². The van der Waals surface area contributed by atoms with E-state index in [9.17, 15) is 4.79 Å². The van der Waals surface area contributed by atoms with Crippen LogP contribution in [0, 0.1) is 0 Å². The highest BCUT2D eigenvalue weighted by atomic mass is 16.5. The van der Waals surface area contributed by atoms with Crippen molar-refractivity contribution in [2.45, 2.75) is 53.2 Å². The van der Waals surface area contributed by atoms with Crippen LogP contribution in [0.15, 0.2) is 0 Å². The average molecular weight is 225 g/mol. The van der Waals surface area contributed by atoms with E-state index in [1.165, 1.54) is 0 Å². The largest absolute Gasteiger partial charge is 0.462 e. The molecule has 0 saturated heterocycles. The number of hydrogen-bond acceptors (Lipinski definition) is 4. The molecule has 0 bridgehead atoms. The molecular formula is C11H19N3O2. The molecule has 1 rings (SSSR count). The van der Waals surface area contributed by atoms with Crippen LogP contribution in [0.1, 0.15) is 39.3 Å². The Morgan fingerprint density at radius 1 is 1.38 bits per heavy atom. The van der Waals surface area contributed by atoms with Gasteiger partial charge in [-0.15, -0.1) is 0 Å². The Morgan fingerprint density at radius 2 is 2.06 bits per heavy atom. The quantitative estimate of drug-likeness (QED) is 0.710. The van der Waals surface area contributed by atoms with E-state index in [-0.39, 0.29) is 18.6 Å². The van der Waals surface area contributed by atoms with Crippen LogP contribution in [-0.2, 0) is 28.9 Å². The lowest BCUT2D eigenvalue weighted by atomic mass is 10.4. The molecule has 90 valence electrons. The summed E-state index contributed by atoms with van der Waals surface area (Å²) < 4.78 is 6.70. The van der Waals surface area contributed by atoms with Gasteiger partial charge in [-0.3, -0.25) is 4.79 Å². The molecule has 0 aliphatic rings. The SMILES string of the molecule is CCc1nc(CC)n(CC(=O)OC(C)C)n1. The first kappa shape index (κ1) is 12.7. The molecule has 0 aliphatic carbocycles. The van der Waals surface area contributed by atoms with E-state index >= 15 is 0 Å². The van der Waals surface area contributed by atoms with Gasteiger partial charge in [-0.2, -0.15) is 5.10 Å². The molecule has 5 nitrogen and oxygen atoms in total. The Balaban J connectivity index is 2.71. The molecule has 0 fully saturated rings. The number of carbonyl (C=O) groups is 1. The Morgan fingerprint density at radius 3 is 2.56 bits per heavy atom. The molecule has 1 heterocycles. The first-order valence-corrected chi connectivity index (χ1v) is 5.68. The number of carbonyl (C=O) groups excluding carboxylic acids is 1. The van der Waals surface area contributed by atoms with Gasteiger partial charge in [0.15, 0.2) is 5.82 Å². The van der Waals surface area contributed by atoms with Crippen molar-refractivity contribution in [1.82, 2.24) is 14.8 Å². The number of esters is 1. The van der Waals surface area contributed by atoms with E-state index in [1.54, 1.807) is 4.68 Å². The maximum Gasteiger partial charge on any atom is 0.328 e. The lowest BCUT2D eigenvalue weighted by Crippen LogP contribution is -2.19. The summed E-state index contributed by atoms with van der Waals surface area (Å²) in [7, 11) is 0. The molecule has 0 aromatic carbocycles. The second-order valence-electron chi connectivity index (χ2n) is 3.85. The summed E-state index contributed by atoms with van der Waals surface area (Å²) >= 11 is 0. The third kappa shape index (κ3) is 3.32. The molecule has 16 heavy (non-hydrogen) atoms. The summed E-state index contributed by atoms with van der Waals surface area (Å²) in [6.45, 7) is 7.79. The number of ether oxygens (including phenoxy) is 1. The molecule has 0 saturated carbocycles. The minimum absolute atomic E-state index is 0.0910. The van der Waals surface area contributed by atoms with Gasteiger partial charge in [0.25, 0.3) is 0 Å². The Hall–Kier alpha value is -1.39. The van der Waals surface area contributed by atoms with Crippen molar-refractivity contribution in [3.8, 4) is 0 Å². The van der Waals surface area contributed by atoms with Crippen molar-refractivity contribution in [1.29, 1.82) is 0 Å². The fourth-order valence-electron chi connectivity index (χ4n) is 1.39. The lowest BCUT2D eigenvalue weighted by molar-refractivity contribution is -0.148. The van der Waals surface area contributed by atoms with Gasteiger partial charge in [0.1, 0.15) is 12.4 Å². The number of rotatable bonds is 5. The van der Waals surface area contributed by atoms with Gasteiger partial charge in [0.2, 0.25) is 0 Å². The van der Waals surface area contributed by atoms with E-state index in [2.05, 4.69) is 10.1 Å². The summed E-state index contributed by atoms with van der Waals surface area (Å²) in [6.07, 6.45) is 1.45. The molecule has 0 N–H and O–H groups in total. The number of nitrogens with zero attached hydrogens (tertiary/aromatic N) is 3. The molecule has 1 aromatic rings. The molecule has 0 unspecified atom stereocenters. The summed E-state index contributed by atoms with van der Waals surface area (Å²) in [5.74, 6) is 1.34. The number of hydrogen-bond donors (Lipinski definition) is 0. The molecule has 5 heteroatoms. The van der Waals surface area contributed by atoms with E-state index in [1.807, 2.05) is 27.7 Å². The topological polar surface area (TPSA) is 57.0 Å². The van der Waals surface area contributed by atoms with Gasteiger partial charge in [0.05, 0.1) is 6.10 Å². The van der Waals surface area contributed by atoms with Crippen LogP contribution in [0.2, 0.25) is 0 Å². The molecular weight excluding hydrogens is 206 g/mol. The third-order valence-corrected chi connectivity index (χ3v) is 2.07. The summed E-state index contributed by atoms with van der Waals surface area (Å²) in [5.41, 5.74) is 0. The summed E-state index contributed by atoms with van der Waals surface area (Å²) in [4.78, 5) is 15.8. The van der Waals surface area contributed by atoms with E-state index in [4.69, 9.17) is 4.74 Å². The average Bonchev–Trinajstić information content (AvgIpc) is 2.59. The third-order valence-electron chi connectivity index (χ3n) is 2.07. The highest BCUT2D eigenvalue weighted by Gasteiger charge is 2.12. The van der Waals surface area contributed by atoms with Crippen molar-refractivity contribution in [3.05, 3.63) is 11.6 Å². The van der Waals surface area contributed by atoms with E-state index < -0.39 is 0 Å². The van der Waals surface area contributed by atoms with Crippen molar-refractivity contribution in [2.75, 3.05) is 0 Å². The van der Waals surface area contributed by atoms with Crippen molar-refractivity contribution in [3.63, 3.8) is 0 Å². The van der Waals surface area contributed by atoms with Crippen LogP contribution in [-0.4, -0.2) is 26.8 Å². The minimum atomic E-state index is -0.266. The molecule has 0 spiro atoms. The molecule has 0 radical (unpaired) electrons. The van der Waals surface area contributed by atoms with Gasteiger partial charge < -0.3 is 4.74 Å². The van der Waals surface area contributed by atoms with Gasteiger partial charge >= 0.3 is 5.97 Å². The van der Waals surface area contributed by atoms with Crippen molar-refractivity contribution in [2.24, 2.45) is 0 Å². The first-order chi connectivity index (χ1) is 7.56. The first-order valence-electron chi connectivity index (χ1n) is 5.68. The van der Waals surface area contributed by atoms with Gasteiger partial charge in [-0.1, -0.05) is 13.8 Å². The zero-order valence-electron chi connectivity index (χ0n) is 10.4. The van der Waals surface area contributed by atoms with Crippen molar-refractivity contribution >= 4 is 5.97 Å². The maximum atomic E-state index is 11.5. The van der Waals surface area contributed by atoms with Crippen LogP contribution >= 0.6 is 0 Å². The predicted molar refractivity (Wildman–Crippen MR) is 60.0 cm³/mol. The highest BCUT2D eigenvalue weighted by Crippen LogP contribution is 2.02. The Bertz CT molecular complexity index is 358. The molecule has 0 aliphatic heterocycles. The maximum absolute atomic E-state index is 11.5. The fraction of sp³-hybridized carbons (Fsp3) is 0.727. The van der Waals surface area contributed by atoms with E-state index in [0.29, 0.717) is 0 Å². The Kier molecular flexibility index (Phi) is 4.46. The minimum Gasteiger partial charge on any atom is -0.462 e. The standard InChI is InChI=1S/C11H19N3O2/c1-5-9-12-10(6-2)14(13-9)7-11(15)16-8(3)4/h8H,5-7H2,1-4H3. The zero-order valence-corrected chi connectivity index (χ0v) is 10.4. The van der Waals surface area contributed by atoms with Crippen molar-refractivity contribution < 1.29 is 9.53 Å². The monoisotopic (exact) mass is 225 g/mol. The lowest BCUT2D eigenvalue weighted by Gasteiger charge is -2.08.